The van der Waals surface area contributed by atoms with Gasteiger partial charge in [-0.25, -0.2) is 9.97 Å². The first-order valence-corrected chi connectivity index (χ1v) is 6.81. The van der Waals surface area contributed by atoms with Gasteiger partial charge in [0, 0.05) is 13.3 Å². The van der Waals surface area contributed by atoms with Gasteiger partial charge in [0.25, 0.3) is 0 Å². The zero-order chi connectivity index (χ0) is 14.4. The maximum Gasteiger partial charge on any atom is 0.155 e. The van der Waals surface area contributed by atoms with Crippen molar-refractivity contribution in [1.29, 1.82) is 0 Å². The molecule has 0 aliphatic rings. The fourth-order valence-corrected chi connectivity index (χ4v) is 1.09. The molecule has 1 aromatic rings. The van der Waals surface area contributed by atoms with Crippen LogP contribution in [0, 0.1) is 6.92 Å². The van der Waals surface area contributed by atoms with Gasteiger partial charge >= 0.3 is 0 Å². The smallest absolute Gasteiger partial charge is 0.155 e. The maximum atomic E-state index is 4.35. The molecular weight excluding hydrogens is 224 g/mol. The van der Waals surface area contributed by atoms with Crippen LogP contribution in [0.2, 0.25) is 0 Å². The van der Waals surface area contributed by atoms with Crippen LogP contribution < -0.4 is 5.32 Å². The van der Waals surface area contributed by atoms with E-state index in [1.165, 1.54) is 0 Å². The highest BCUT2D eigenvalue weighted by Crippen LogP contribution is 2.23. The standard InChI is InChI=1S/C10H16N4.2C2H6/c1-4-5-6-12-9-8(2)13-7-14-10(9)11-3;2*1-2/h6-7H,4-5H2,1-3H3,(H,11,13,14);2*1-2H3. The van der Waals surface area contributed by atoms with Gasteiger partial charge in [-0.3, -0.25) is 4.99 Å². The molecule has 4 heteroatoms. The molecule has 0 aliphatic heterocycles. The average Bonchev–Trinajstić information content (AvgIpc) is 2.45. The predicted octanol–water partition coefficient (Wildman–Crippen LogP) is 4.38. The van der Waals surface area contributed by atoms with Crippen molar-refractivity contribution in [2.45, 2.75) is 54.4 Å². The van der Waals surface area contributed by atoms with Gasteiger partial charge < -0.3 is 5.32 Å². The van der Waals surface area contributed by atoms with Crippen LogP contribution in [0.25, 0.3) is 0 Å². The van der Waals surface area contributed by atoms with Crippen LogP contribution >= 0.6 is 0 Å². The minimum Gasteiger partial charge on any atom is -0.371 e. The number of aliphatic imine (C=N–C) groups is 1. The normalized spacial score (nSPS) is 9.06. The molecule has 1 aromatic heterocycles. The average molecular weight is 252 g/mol. The quantitative estimate of drug-likeness (QED) is 0.809. The zero-order valence-electron chi connectivity index (χ0n) is 12.9. The van der Waals surface area contributed by atoms with E-state index in [1.54, 1.807) is 6.33 Å². The Morgan fingerprint density at radius 3 is 2.33 bits per heavy atom. The second kappa shape index (κ2) is 13.6. The lowest BCUT2D eigenvalue weighted by Crippen LogP contribution is -1.95. The number of anilines is 1. The molecule has 0 aromatic carbocycles. The first-order chi connectivity index (χ1) is 8.79. The Hall–Kier alpha value is -1.45. The number of unbranched alkanes of at least 4 members (excludes halogenated alkanes) is 1. The Kier molecular flexibility index (Phi) is 14.3. The topological polar surface area (TPSA) is 50.2 Å². The van der Waals surface area contributed by atoms with Gasteiger partial charge in [-0.05, 0) is 13.3 Å². The fourth-order valence-electron chi connectivity index (χ4n) is 1.09. The Bertz CT molecular complexity index is 322. The molecule has 1 N–H and O–H groups in total. The van der Waals surface area contributed by atoms with E-state index in [9.17, 15) is 0 Å². The SMILES string of the molecule is CC.CC.CCCC=Nc1c(C)ncnc1NC. The van der Waals surface area contributed by atoms with E-state index in [1.807, 2.05) is 47.9 Å². The van der Waals surface area contributed by atoms with Gasteiger partial charge in [0.05, 0.1) is 5.69 Å². The third-order valence-electron chi connectivity index (χ3n) is 1.88. The Morgan fingerprint density at radius 1 is 1.22 bits per heavy atom. The van der Waals surface area contributed by atoms with Crippen LogP contribution in [-0.4, -0.2) is 23.2 Å². The van der Waals surface area contributed by atoms with Crippen LogP contribution in [0.3, 0.4) is 0 Å². The predicted molar refractivity (Wildman–Crippen MR) is 82.1 cm³/mol. The summed E-state index contributed by atoms with van der Waals surface area (Å²) in [7, 11) is 1.83. The summed E-state index contributed by atoms with van der Waals surface area (Å²) < 4.78 is 0. The second-order valence-electron chi connectivity index (χ2n) is 3.01. The highest BCUT2D eigenvalue weighted by molar-refractivity contribution is 5.71. The van der Waals surface area contributed by atoms with Crippen molar-refractivity contribution >= 4 is 17.7 Å². The van der Waals surface area contributed by atoms with Crippen molar-refractivity contribution < 1.29 is 0 Å². The van der Waals surface area contributed by atoms with Crippen LogP contribution in [-0.2, 0) is 0 Å². The number of hydrogen-bond acceptors (Lipinski definition) is 4. The lowest BCUT2D eigenvalue weighted by molar-refractivity contribution is 1.01. The van der Waals surface area contributed by atoms with E-state index < -0.39 is 0 Å². The minimum absolute atomic E-state index is 0.782. The number of nitrogens with zero attached hydrogens (tertiary/aromatic N) is 3. The van der Waals surface area contributed by atoms with Crippen LogP contribution in [0.15, 0.2) is 11.3 Å². The number of aromatic nitrogens is 2. The van der Waals surface area contributed by atoms with Gasteiger partial charge in [0.15, 0.2) is 5.82 Å². The molecule has 0 spiro atoms. The summed E-state index contributed by atoms with van der Waals surface area (Å²) in [6, 6.07) is 0. The molecule has 0 saturated heterocycles. The Balaban J connectivity index is 0. The van der Waals surface area contributed by atoms with Crippen molar-refractivity contribution in [2.24, 2.45) is 4.99 Å². The molecule has 0 saturated carbocycles. The summed E-state index contributed by atoms with van der Waals surface area (Å²) in [4.78, 5) is 12.6. The molecule has 1 heterocycles. The van der Waals surface area contributed by atoms with Crippen LogP contribution in [0.4, 0.5) is 11.5 Å². The number of aryl methyl sites for hydroxylation is 1. The lowest BCUT2D eigenvalue weighted by Gasteiger charge is -2.04. The van der Waals surface area contributed by atoms with Gasteiger partial charge in [-0.2, -0.15) is 0 Å². The van der Waals surface area contributed by atoms with Gasteiger partial charge in [0.2, 0.25) is 0 Å². The molecule has 0 fully saturated rings. The summed E-state index contributed by atoms with van der Waals surface area (Å²) in [5.74, 6) is 0.782. The zero-order valence-corrected chi connectivity index (χ0v) is 12.9. The molecule has 18 heavy (non-hydrogen) atoms. The first-order valence-electron chi connectivity index (χ1n) is 6.81. The Labute approximate surface area is 112 Å². The summed E-state index contributed by atoms with van der Waals surface area (Å²) in [5, 5.41) is 3.00. The molecule has 0 unspecified atom stereocenters. The number of nitrogens with one attached hydrogen (secondary N) is 1. The summed E-state index contributed by atoms with van der Waals surface area (Å²) in [6.45, 7) is 12.1. The highest BCUT2D eigenvalue weighted by atomic mass is 15.0. The van der Waals surface area contributed by atoms with Crippen molar-refractivity contribution in [3.8, 4) is 0 Å². The van der Waals surface area contributed by atoms with Crippen molar-refractivity contribution in [3.63, 3.8) is 0 Å². The third kappa shape index (κ3) is 6.99. The number of hydrogen-bond donors (Lipinski definition) is 1. The van der Waals surface area contributed by atoms with Crippen LogP contribution in [0.5, 0.6) is 0 Å². The van der Waals surface area contributed by atoms with Gasteiger partial charge in [-0.15, -0.1) is 0 Å². The molecular formula is C14H28N4. The highest BCUT2D eigenvalue weighted by Gasteiger charge is 2.03. The Morgan fingerprint density at radius 2 is 1.83 bits per heavy atom. The van der Waals surface area contributed by atoms with E-state index in [-0.39, 0.29) is 0 Å². The minimum atomic E-state index is 0.782. The first kappa shape index (κ1) is 18.9. The van der Waals surface area contributed by atoms with Crippen molar-refractivity contribution in [2.75, 3.05) is 12.4 Å². The number of rotatable bonds is 4. The fraction of sp³-hybridized carbons (Fsp3) is 0.643. The molecule has 0 amide bonds. The molecule has 0 aliphatic carbocycles. The summed E-state index contributed by atoms with van der Waals surface area (Å²) in [5.41, 5.74) is 1.74. The third-order valence-corrected chi connectivity index (χ3v) is 1.88. The molecule has 4 nitrogen and oxygen atoms in total. The summed E-state index contributed by atoms with van der Waals surface area (Å²) in [6.07, 6.45) is 5.54. The van der Waals surface area contributed by atoms with E-state index in [2.05, 4.69) is 27.2 Å². The lowest BCUT2D eigenvalue weighted by atomic mass is 10.3. The van der Waals surface area contributed by atoms with Crippen molar-refractivity contribution in [3.05, 3.63) is 12.0 Å². The maximum absolute atomic E-state index is 4.35. The molecule has 0 radical (unpaired) electrons. The second-order valence-corrected chi connectivity index (χ2v) is 3.01. The molecule has 104 valence electrons. The monoisotopic (exact) mass is 252 g/mol. The molecule has 1 rings (SSSR count). The van der Waals surface area contributed by atoms with E-state index >= 15 is 0 Å². The van der Waals surface area contributed by atoms with E-state index in [4.69, 9.17) is 0 Å². The van der Waals surface area contributed by atoms with Crippen LogP contribution in [0.1, 0.15) is 53.2 Å². The van der Waals surface area contributed by atoms with Crippen molar-refractivity contribution in [1.82, 2.24) is 9.97 Å². The van der Waals surface area contributed by atoms with Gasteiger partial charge in [-0.1, -0.05) is 41.0 Å². The largest absolute Gasteiger partial charge is 0.371 e. The molecule has 0 bridgehead atoms. The molecule has 0 atom stereocenters. The van der Waals surface area contributed by atoms with Gasteiger partial charge in [0.1, 0.15) is 12.0 Å². The summed E-state index contributed by atoms with van der Waals surface area (Å²) >= 11 is 0. The van der Waals surface area contributed by atoms with E-state index in [0.29, 0.717) is 0 Å². The van der Waals surface area contributed by atoms with E-state index in [0.717, 1.165) is 30.0 Å².